The van der Waals surface area contributed by atoms with Gasteiger partial charge in [-0.3, -0.25) is 0 Å². The minimum atomic E-state index is 0.00892. The number of aryl methyl sites for hydroxylation is 1. The molecule has 0 heterocycles. The van der Waals surface area contributed by atoms with Gasteiger partial charge in [-0.25, -0.2) is 0 Å². The first-order valence-corrected chi connectivity index (χ1v) is 7.98. The van der Waals surface area contributed by atoms with E-state index in [9.17, 15) is 0 Å². The minimum Gasteiger partial charge on any atom is -0.377 e. The lowest BCUT2D eigenvalue weighted by molar-refractivity contribution is -0.0509. The maximum absolute atomic E-state index is 6.05. The van der Waals surface area contributed by atoms with Gasteiger partial charge >= 0.3 is 0 Å². The smallest absolute Gasteiger partial charge is 0.0834 e. The lowest BCUT2D eigenvalue weighted by Crippen LogP contribution is -2.52. The van der Waals surface area contributed by atoms with Crippen LogP contribution in [0.1, 0.15) is 49.7 Å². The standard InChI is InChI=1S/C18H29NO/c1-15-9-8-10-16(13-15)14-17(19-2)18(20-3)11-6-4-5-7-12-18/h8-10,13,17,19H,4-7,11-12,14H2,1-3H3. The molecule has 2 nitrogen and oxygen atoms in total. The summed E-state index contributed by atoms with van der Waals surface area (Å²) >= 11 is 0. The van der Waals surface area contributed by atoms with Gasteiger partial charge in [0.25, 0.3) is 0 Å². The molecule has 112 valence electrons. The van der Waals surface area contributed by atoms with Gasteiger partial charge in [-0.2, -0.15) is 0 Å². The highest BCUT2D eigenvalue weighted by Crippen LogP contribution is 2.34. The van der Waals surface area contributed by atoms with Crippen molar-refractivity contribution < 1.29 is 4.74 Å². The average molecular weight is 275 g/mol. The Morgan fingerprint density at radius 1 is 1.20 bits per heavy atom. The molecule has 1 fully saturated rings. The van der Waals surface area contributed by atoms with Crippen molar-refractivity contribution in [3.8, 4) is 0 Å². The molecular formula is C18H29NO. The normalized spacial score (nSPS) is 20.4. The first kappa shape index (κ1) is 15.5. The molecule has 0 saturated heterocycles. The Morgan fingerprint density at radius 2 is 1.90 bits per heavy atom. The van der Waals surface area contributed by atoms with Gasteiger partial charge in [-0.1, -0.05) is 55.5 Å². The van der Waals surface area contributed by atoms with E-state index in [4.69, 9.17) is 4.74 Å². The predicted molar refractivity (Wildman–Crippen MR) is 85.2 cm³/mol. The molecule has 1 N–H and O–H groups in total. The topological polar surface area (TPSA) is 21.3 Å². The van der Waals surface area contributed by atoms with Crippen molar-refractivity contribution >= 4 is 0 Å². The molecule has 2 rings (SSSR count). The van der Waals surface area contributed by atoms with Gasteiger partial charge in [0, 0.05) is 13.2 Å². The zero-order valence-corrected chi connectivity index (χ0v) is 13.2. The summed E-state index contributed by atoms with van der Waals surface area (Å²) in [7, 11) is 3.97. The van der Waals surface area contributed by atoms with Gasteiger partial charge < -0.3 is 10.1 Å². The van der Waals surface area contributed by atoms with Crippen LogP contribution in [0.15, 0.2) is 24.3 Å². The largest absolute Gasteiger partial charge is 0.377 e. The summed E-state index contributed by atoms with van der Waals surface area (Å²) in [5.74, 6) is 0. The van der Waals surface area contributed by atoms with Crippen molar-refractivity contribution in [2.45, 2.75) is 63.5 Å². The molecule has 0 bridgehead atoms. The van der Waals surface area contributed by atoms with Crippen molar-refractivity contribution in [3.05, 3.63) is 35.4 Å². The first-order valence-electron chi connectivity index (χ1n) is 7.98. The van der Waals surface area contributed by atoms with Crippen LogP contribution in [0.2, 0.25) is 0 Å². The molecule has 1 atom stereocenters. The van der Waals surface area contributed by atoms with Gasteiger partial charge in [0.2, 0.25) is 0 Å². The number of likely N-dealkylation sites (N-methyl/N-ethyl adjacent to an activating group) is 1. The van der Waals surface area contributed by atoms with Crippen LogP contribution in [0, 0.1) is 6.92 Å². The Kier molecular flexibility index (Phi) is 5.62. The second-order valence-corrected chi connectivity index (χ2v) is 6.22. The van der Waals surface area contributed by atoms with E-state index in [1.165, 1.54) is 49.7 Å². The molecule has 20 heavy (non-hydrogen) atoms. The Balaban J connectivity index is 2.16. The van der Waals surface area contributed by atoms with Crippen molar-refractivity contribution in [2.24, 2.45) is 0 Å². The molecule has 0 spiro atoms. The number of ether oxygens (including phenoxy) is 1. The summed E-state index contributed by atoms with van der Waals surface area (Å²) in [6, 6.07) is 9.24. The zero-order chi connectivity index (χ0) is 14.4. The number of hydrogen-bond acceptors (Lipinski definition) is 2. The fourth-order valence-electron chi connectivity index (χ4n) is 3.65. The van der Waals surface area contributed by atoms with E-state index in [1.54, 1.807) is 0 Å². The lowest BCUT2D eigenvalue weighted by Gasteiger charge is -2.39. The molecule has 0 aromatic heterocycles. The molecule has 1 saturated carbocycles. The third-order valence-electron chi connectivity index (χ3n) is 4.86. The second kappa shape index (κ2) is 7.24. The molecule has 1 aromatic rings. The number of rotatable bonds is 5. The highest BCUT2D eigenvalue weighted by molar-refractivity contribution is 5.23. The van der Waals surface area contributed by atoms with Gasteiger partial charge in [-0.15, -0.1) is 0 Å². The third-order valence-corrected chi connectivity index (χ3v) is 4.86. The lowest BCUT2D eigenvalue weighted by atomic mass is 9.82. The van der Waals surface area contributed by atoms with Gasteiger partial charge in [-0.05, 0) is 38.8 Å². The molecule has 1 aliphatic carbocycles. The maximum Gasteiger partial charge on any atom is 0.0834 e. The second-order valence-electron chi connectivity index (χ2n) is 6.22. The van der Waals surface area contributed by atoms with E-state index in [2.05, 4.69) is 43.6 Å². The summed E-state index contributed by atoms with van der Waals surface area (Å²) in [6.07, 6.45) is 8.70. The van der Waals surface area contributed by atoms with Crippen LogP contribution in [0.5, 0.6) is 0 Å². The zero-order valence-electron chi connectivity index (χ0n) is 13.2. The minimum absolute atomic E-state index is 0.00892. The number of nitrogens with one attached hydrogen (secondary N) is 1. The molecule has 1 unspecified atom stereocenters. The fraction of sp³-hybridized carbons (Fsp3) is 0.667. The number of benzene rings is 1. The van der Waals surface area contributed by atoms with Crippen LogP contribution < -0.4 is 5.32 Å². The van der Waals surface area contributed by atoms with E-state index in [0.717, 1.165) is 6.42 Å². The van der Waals surface area contributed by atoms with Gasteiger partial charge in [0.1, 0.15) is 0 Å². The van der Waals surface area contributed by atoms with Crippen LogP contribution >= 0.6 is 0 Å². The van der Waals surface area contributed by atoms with E-state index in [0.29, 0.717) is 6.04 Å². The van der Waals surface area contributed by atoms with Crippen molar-refractivity contribution in [3.63, 3.8) is 0 Å². The first-order chi connectivity index (χ1) is 9.70. The average Bonchev–Trinajstić information content (AvgIpc) is 2.71. The Morgan fingerprint density at radius 3 is 2.45 bits per heavy atom. The van der Waals surface area contributed by atoms with Crippen LogP contribution in [0.4, 0.5) is 0 Å². The number of methoxy groups -OCH3 is 1. The summed E-state index contributed by atoms with van der Waals surface area (Å²) in [5, 5.41) is 3.53. The highest BCUT2D eigenvalue weighted by Gasteiger charge is 2.38. The Hall–Kier alpha value is -0.860. The molecule has 1 aliphatic rings. The Labute approximate surface area is 123 Å². The molecule has 0 aliphatic heterocycles. The van der Waals surface area contributed by atoms with Gasteiger partial charge in [0.05, 0.1) is 5.60 Å². The SMILES string of the molecule is CNC(Cc1cccc(C)c1)C1(OC)CCCCCC1. The molecule has 2 heteroatoms. The van der Waals surface area contributed by atoms with E-state index in [-0.39, 0.29) is 5.60 Å². The molecule has 1 aromatic carbocycles. The van der Waals surface area contributed by atoms with Gasteiger partial charge in [0.15, 0.2) is 0 Å². The quantitative estimate of drug-likeness (QED) is 0.824. The van der Waals surface area contributed by atoms with Crippen LogP contribution in [-0.2, 0) is 11.2 Å². The third kappa shape index (κ3) is 3.62. The van der Waals surface area contributed by atoms with E-state index in [1.807, 2.05) is 7.11 Å². The number of hydrogen-bond donors (Lipinski definition) is 1. The van der Waals surface area contributed by atoms with Crippen LogP contribution in [0.25, 0.3) is 0 Å². The van der Waals surface area contributed by atoms with Crippen LogP contribution in [-0.4, -0.2) is 25.8 Å². The summed E-state index contributed by atoms with van der Waals surface area (Å²) < 4.78 is 6.05. The van der Waals surface area contributed by atoms with E-state index >= 15 is 0 Å². The summed E-state index contributed by atoms with van der Waals surface area (Å²) in [6.45, 7) is 2.16. The Bertz CT molecular complexity index is 408. The molecular weight excluding hydrogens is 246 g/mol. The highest BCUT2D eigenvalue weighted by atomic mass is 16.5. The van der Waals surface area contributed by atoms with Crippen molar-refractivity contribution in [1.82, 2.24) is 5.32 Å². The monoisotopic (exact) mass is 275 g/mol. The maximum atomic E-state index is 6.05. The fourth-order valence-corrected chi connectivity index (χ4v) is 3.65. The molecule has 0 amide bonds. The van der Waals surface area contributed by atoms with Crippen LogP contribution in [0.3, 0.4) is 0 Å². The van der Waals surface area contributed by atoms with Crippen molar-refractivity contribution in [1.29, 1.82) is 0 Å². The molecule has 0 radical (unpaired) electrons. The summed E-state index contributed by atoms with van der Waals surface area (Å²) in [5.41, 5.74) is 2.75. The van der Waals surface area contributed by atoms with E-state index < -0.39 is 0 Å². The summed E-state index contributed by atoms with van der Waals surface area (Å²) in [4.78, 5) is 0. The van der Waals surface area contributed by atoms with Crippen molar-refractivity contribution in [2.75, 3.05) is 14.2 Å². The predicted octanol–water partition coefficient (Wildman–Crippen LogP) is 3.86.